The van der Waals surface area contributed by atoms with Crippen LogP contribution in [0.15, 0.2) is 65.6 Å². The number of rotatable bonds is 12. The van der Waals surface area contributed by atoms with Gasteiger partial charge in [0.1, 0.15) is 17.3 Å². The van der Waals surface area contributed by atoms with E-state index in [2.05, 4.69) is 0 Å². The molecule has 3 aromatic rings. The Bertz CT molecular complexity index is 1410. The molecule has 0 spiro atoms. The first-order valence-electron chi connectivity index (χ1n) is 12.6. The molecule has 0 amide bonds. The third-order valence-electron chi connectivity index (χ3n) is 6.57. The number of ether oxygens (including phenoxy) is 1. The normalized spacial score (nSPS) is 12.6. The number of aliphatic hydroxyl groups excluding tert-OH is 1. The van der Waals surface area contributed by atoms with Crippen molar-refractivity contribution >= 4 is 9.84 Å². The molecule has 3 rings (SSSR count). The number of nitrogens with zero attached hydrogens (tertiary/aromatic N) is 1. The second-order valence-electron chi connectivity index (χ2n) is 10.3. The monoisotopic (exact) mass is 583 g/mol. The number of aromatic hydroxyl groups is 1. The Labute approximate surface area is 231 Å². The van der Waals surface area contributed by atoms with Crippen LogP contribution in [-0.4, -0.2) is 49.5 Å². The topological polar surface area (TPSA) is 87.1 Å². The molecular weight excluding hydrogens is 550 g/mol. The number of halogens is 4. The van der Waals surface area contributed by atoms with Gasteiger partial charge >= 0.3 is 6.18 Å². The van der Waals surface area contributed by atoms with Crippen molar-refractivity contribution < 1.29 is 40.9 Å². The molecule has 2 N–H and O–H groups in total. The molecule has 0 unspecified atom stereocenters. The van der Waals surface area contributed by atoms with E-state index >= 15 is 0 Å². The Morgan fingerprint density at radius 3 is 2.27 bits per heavy atom. The summed E-state index contributed by atoms with van der Waals surface area (Å²) in [6, 6.07) is 15.3. The van der Waals surface area contributed by atoms with Gasteiger partial charge in [0.05, 0.1) is 23.7 Å². The minimum absolute atomic E-state index is 0.0261. The van der Waals surface area contributed by atoms with Gasteiger partial charge in [-0.15, -0.1) is 0 Å². The maximum Gasteiger partial charge on any atom is 0.419 e. The van der Waals surface area contributed by atoms with E-state index in [1.165, 1.54) is 12.1 Å². The van der Waals surface area contributed by atoms with Gasteiger partial charge in [0.2, 0.25) is 0 Å². The number of benzene rings is 3. The van der Waals surface area contributed by atoms with Crippen LogP contribution in [-0.2, 0) is 34.6 Å². The highest BCUT2D eigenvalue weighted by molar-refractivity contribution is 7.90. The highest BCUT2D eigenvalue weighted by atomic mass is 32.2. The summed E-state index contributed by atoms with van der Waals surface area (Å²) in [5.74, 6) is -1.75. The second kappa shape index (κ2) is 12.6. The van der Waals surface area contributed by atoms with Crippen molar-refractivity contribution in [3.05, 3.63) is 88.7 Å². The third kappa shape index (κ3) is 7.96. The first-order chi connectivity index (χ1) is 18.6. The zero-order chi connectivity index (χ0) is 29.7. The lowest BCUT2D eigenvalue weighted by atomic mass is 9.84. The van der Waals surface area contributed by atoms with E-state index in [9.17, 15) is 36.2 Å². The highest BCUT2D eigenvalue weighted by Gasteiger charge is 2.35. The van der Waals surface area contributed by atoms with Gasteiger partial charge in [0.15, 0.2) is 9.84 Å². The number of phenolic OH excluding ortho intramolecular Hbond substituents is 1. The average Bonchev–Trinajstić information content (AvgIpc) is 2.86. The number of para-hydroxylation sites is 1. The lowest BCUT2D eigenvalue weighted by molar-refractivity contribution is -0.138. The van der Waals surface area contributed by atoms with Crippen LogP contribution in [0.4, 0.5) is 17.6 Å². The number of sulfone groups is 1. The Kier molecular flexibility index (Phi) is 9.86. The molecule has 0 fully saturated rings. The zero-order valence-corrected chi connectivity index (χ0v) is 23.3. The minimum atomic E-state index is -4.70. The molecule has 0 saturated heterocycles. The summed E-state index contributed by atoms with van der Waals surface area (Å²) in [6.45, 7) is 4.10. The molecule has 11 heteroatoms. The van der Waals surface area contributed by atoms with Crippen molar-refractivity contribution in [1.29, 1.82) is 0 Å². The van der Waals surface area contributed by atoms with Crippen molar-refractivity contribution in [1.82, 2.24) is 4.90 Å². The molecule has 0 bridgehead atoms. The van der Waals surface area contributed by atoms with Crippen molar-refractivity contribution in [3.8, 4) is 11.5 Å². The maximum absolute atomic E-state index is 14.4. The van der Waals surface area contributed by atoms with Gasteiger partial charge in [-0.3, -0.25) is 4.90 Å². The molecule has 0 saturated carbocycles. The fraction of sp³-hybridized carbons (Fsp3) is 0.379. The van der Waals surface area contributed by atoms with E-state index in [1.54, 1.807) is 0 Å². The fourth-order valence-corrected chi connectivity index (χ4v) is 5.52. The molecule has 0 heterocycles. The van der Waals surface area contributed by atoms with Gasteiger partial charge in [0, 0.05) is 48.5 Å². The van der Waals surface area contributed by atoms with Crippen LogP contribution in [0, 0.1) is 5.82 Å². The molecule has 218 valence electrons. The van der Waals surface area contributed by atoms with E-state index in [4.69, 9.17) is 4.74 Å². The largest absolute Gasteiger partial charge is 0.507 e. The summed E-state index contributed by atoms with van der Waals surface area (Å²) in [6.07, 6.45) is -3.43. The van der Waals surface area contributed by atoms with Crippen molar-refractivity contribution in [3.63, 3.8) is 0 Å². The maximum atomic E-state index is 14.4. The van der Waals surface area contributed by atoms with Gasteiger partial charge < -0.3 is 14.9 Å². The molecule has 6 nitrogen and oxygen atoms in total. The van der Waals surface area contributed by atoms with Crippen LogP contribution in [0.3, 0.4) is 0 Å². The molecule has 0 aliphatic carbocycles. The fourth-order valence-electron chi connectivity index (χ4n) is 4.58. The van der Waals surface area contributed by atoms with E-state index in [1.807, 2.05) is 49.1 Å². The Balaban J connectivity index is 1.79. The molecule has 0 radical (unpaired) electrons. The average molecular weight is 584 g/mol. The van der Waals surface area contributed by atoms with Crippen LogP contribution < -0.4 is 4.74 Å². The lowest BCUT2D eigenvalue weighted by Gasteiger charge is -2.33. The molecular formula is C29H33F4NO5S. The smallest absolute Gasteiger partial charge is 0.419 e. The predicted octanol–water partition coefficient (Wildman–Crippen LogP) is 5.69. The van der Waals surface area contributed by atoms with E-state index in [0.717, 1.165) is 30.0 Å². The van der Waals surface area contributed by atoms with Crippen LogP contribution in [0.2, 0.25) is 0 Å². The van der Waals surface area contributed by atoms with Crippen LogP contribution in [0.25, 0.3) is 0 Å². The Morgan fingerprint density at radius 2 is 1.68 bits per heavy atom. The number of hydrogen-bond acceptors (Lipinski definition) is 6. The van der Waals surface area contributed by atoms with Crippen molar-refractivity contribution in [2.24, 2.45) is 0 Å². The molecule has 0 atom stereocenters. The second-order valence-corrected chi connectivity index (χ2v) is 12.3. The van der Waals surface area contributed by atoms with Crippen molar-refractivity contribution in [2.75, 3.05) is 26.0 Å². The van der Waals surface area contributed by atoms with Crippen LogP contribution in [0.5, 0.6) is 11.5 Å². The van der Waals surface area contributed by atoms with E-state index in [-0.39, 0.29) is 34.9 Å². The number of phenols is 1. The Hall–Kier alpha value is -3.15. The first kappa shape index (κ1) is 31.4. The minimum Gasteiger partial charge on any atom is -0.507 e. The van der Waals surface area contributed by atoms with Crippen molar-refractivity contribution in [2.45, 2.75) is 49.9 Å². The quantitative estimate of drug-likeness (QED) is 0.210. The Morgan fingerprint density at radius 1 is 1.00 bits per heavy atom. The number of hydrogen-bond donors (Lipinski definition) is 2. The highest BCUT2D eigenvalue weighted by Crippen LogP contribution is 2.38. The predicted molar refractivity (Wildman–Crippen MR) is 143 cm³/mol. The summed E-state index contributed by atoms with van der Waals surface area (Å²) in [7, 11) is -3.83. The van der Waals surface area contributed by atoms with Gasteiger partial charge in [0.25, 0.3) is 0 Å². The summed E-state index contributed by atoms with van der Waals surface area (Å²) in [4.78, 5) is 1.54. The molecule has 40 heavy (non-hydrogen) atoms. The summed E-state index contributed by atoms with van der Waals surface area (Å²) < 4.78 is 84.2. The molecule has 0 aliphatic heterocycles. The van der Waals surface area contributed by atoms with Gasteiger partial charge in [-0.05, 0) is 24.1 Å². The van der Waals surface area contributed by atoms with Crippen LogP contribution >= 0.6 is 0 Å². The third-order valence-corrected chi connectivity index (χ3v) is 7.73. The molecule has 0 aromatic heterocycles. The number of aliphatic hydroxyl groups is 1. The van der Waals surface area contributed by atoms with Gasteiger partial charge in [-0.25, -0.2) is 12.8 Å². The zero-order valence-electron chi connectivity index (χ0n) is 22.5. The van der Waals surface area contributed by atoms with E-state index in [0.29, 0.717) is 19.5 Å². The first-order valence-corrected chi connectivity index (χ1v) is 14.4. The molecule has 3 aromatic carbocycles. The summed E-state index contributed by atoms with van der Waals surface area (Å²) >= 11 is 0. The lowest BCUT2D eigenvalue weighted by Crippen LogP contribution is -2.37. The summed E-state index contributed by atoms with van der Waals surface area (Å²) in [5, 5.41) is 19.8. The van der Waals surface area contributed by atoms with Gasteiger partial charge in [-0.2, -0.15) is 13.2 Å². The SMILES string of the molecule is CC(C)(CN(CCCOc1cc(F)c(CO)c(S(C)(=O)=O)c1)Cc1cccc(C(F)(F)F)c1O)c1ccccc1. The number of alkyl halides is 3. The standard InChI is InChI=1S/C29H33F4NO5S/c1-28(2,21-10-5-4-6-11-21)19-34(17-20-9-7-12-24(27(20)36)29(31,32)33)13-8-14-39-22-15-25(30)23(18-35)26(16-22)40(3,37)38/h4-7,9-12,15-16,35-36H,8,13-14,17-19H2,1-3H3. The van der Waals surface area contributed by atoms with Gasteiger partial charge in [-0.1, -0.05) is 56.3 Å². The van der Waals surface area contributed by atoms with E-state index < -0.39 is 45.2 Å². The van der Waals surface area contributed by atoms with Crippen LogP contribution in [0.1, 0.15) is 42.5 Å². The molecule has 0 aliphatic rings. The summed E-state index contributed by atoms with van der Waals surface area (Å²) in [5.41, 5.74) is -0.695.